The van der Waals surface area contributed by atoms with Gasteiger partial charge in [0.2, 0.25) is 0 Å². The number of fused-ring (bicyclic) bond motifs is 1. The average Bonchev–Trinajstić information content (AvgIpc) is 3.23. The maximum Gasteiger partial charge on any atom is 0.359 e. The number of benzene rings is 1. The van der Waals surface area contributed by atoms with E-state index in [-0.39, 0.29) is 11.5 Å². The number of nitrogens with zero attached hydrogens (tertiary/aromatic N) is 2. The van der Waals surface area contributed by atoms with Crippen LogP contribution in [0.25, 0.3) is 5.69 Å². The van der Waals surface area contributed by atoms with Crippen LogP contribution in [0.5, 0.6) is 0 Å². The van der Waals surface area contributed by atoms with Gasteiger partial charge in [0.1, 0.15) is 6.10 Å². The van der Waals surface area contributed by atoms with Crippen molar-refractivity contribution in [3.63, 3.8) is 0 Å². The summed E-state index contributed by atoms with van der Waals surface area (Å²) >= 11 is 0. The Bertz CT molecular complexity index is 887. The van der Waals surface area contributed by atoms with Gasteiger partial charge in [-0.05, 0) is 37.8 Å². The van der Waals surface area contributed by atoms with Gasteiger partial charge in [-0.25, -0.2) is 17.9 Å². The minimum Gasteiger partial charge on any atom is -0.456 e. The number of rotatable bonds is 3. The zero-order chi connectivity index (χ0) is 16.7. The topological polar surface area (TPSA) is 78.3 Å². The predicted octanol–water partition coefficient (Wildman–Crippen LogP) is 1.70. The molecule has 1 aromatic carbocycles. The largest absolute Gasteiger partial charge is 0.456 e. The van der Waals surface area contributed by atoms with Crippen LogP contribution in [0.15, 0.2) is 30.3 Å². The molecule has 0 N–H and O–H groups in total. The lowest BCUT2D eigenvalue weighted by atomic mass is 10.2. The Labute approximate surface area is 140 Å². The minimum absolute atomic E-state index is 0.0830. The van der Waals surface area contributed by atoms with Gasteiger partial charge in [-0.15, -0.1) is 0 Å². The first-order valence-electron chi connectivity index (χ1n) is 8.11. The van der Waals surface area contributed by atoms with Crippen molar-refractivity contribution in [3.8, 4) is 5.69 Å². The van der Waals surface area contributed by atoms with Crippen molar-refractivity contribution in [1.82, 2.24) is 9.78 Å². The predicted molar refractivity (Wildman–Crippen MR) is 88.1 cm³/mol. The molecule has 1 aromatic heterocycles. The number of sulfone groups is 1. The van der Waals surface area contributed by atoms with E-state index in [1.165, 1.54) is 0 Å². The molecule has 1 atom stereocenters. The zero-order valence-electron chi connectivity index (χ0n) is 13.1. The SMILES string of the molecule is O=C(O[C@H]1CCS(=O)(=O)C1)c1nn(-c2ccccc2)c2c1CCC2. The summed E-state index contributed by atoms with van der Waals surface area (Å²) in [6.45, 7) is 0. The maximum absolute atomic E-state index is 12.5. The molecule has 2 aromatic rings. The second-order valence-electron chi connectivity index (χ2n) is 6.31. The lowest BCUT2D eigenvalue weighted by Gasteiger charge is -2.09. The molecule has 1 saturated heterocycles. The van der Waals surface area contributed by atoms with Crippen molar-refractivity contribution >= 4 is 15.8 Å². The number of hydrogen-bond acceptors (Lipinski definition) is 5. The van der Waals surface area contributed by atoms with Crippen LogP contribution in [-0.2, 0) is 27.4 Å². The lowest BCUT2D eigenvalue weighted by Crippen LogP contribution is -2.20. The Morgan fingerprint density at radius 1 is 1.21 bits per heavy atom. The van der Waals surface area contributed by atoms with Gasteiger partial charge in [0.25, 0.3) is 0 Å². The van der Waals surface area contributed by atoms with E-state index < -0.39 is 21.9 Å². The first-order valence-corrected chi connectivity index (χ1v) is 9.93. The number of hydrogen-bond donors (Lipinski definition) is 0. The number of para-hydroxylation sites is 1. The summed E-state index contributed by atoms with van der Waals surface area (Å²) in [5.41, 5.74) is 3.23. The van der Waals surface area contributed by atoms with Crippen LogP contribution < -0.4 is 0 Å². The summed E-state index contributed by atoms with van der Waals surface area (Å²) in [4.78, 5) is 12.5. The molecule has 126 valence electrons. The highest BCUT2D eigenvalue weighted by molar-refractivity contribution is 7.91. The Kier molecular flexibility index (Phi) is 3.68. The zero-order valence-corrected chi connectivity index (χ0v) is 14.0. The van der Waals surface area contributed by atoms with E-state index in [1.807, 2.05) is 35.0 Å². The summed E-state index contributed by atoms with van der Waals surface area (Å²) in [7, 11) is -3.08. The Morgan fingerprint density at radius 2 is 2.00 bits per heavy atom. The highest BCUT2D eigenvalue weighted by atomic mass is 32.2. The Morgan fingerprint density at radius 3 is 2.71 bits per heavy atom. The fourth-order valence-electron chi connectivity index (χ4n) is 3.45. The number of carbonyl (C=O) groups is 1. The molecule has 1 aliphatic heterocycles. The molecule has 0 radical (unpaired) electrons. The van der Waals surface area contributed by atoms with E-state index in [1.54, 1.807) is 0 Å². The molecule has 4 rings (SSSR count). The molecule has 1 fully saturated rings. The second kappa shape index (κ2) is 5.73. The third-order valence-electron chi connectivity index (χ3n) is 4.59. The van der Waals surface area contributed by atoms with Crippen LogP contribution in [0.3, 0.4) is 0 Å². The summed E-state index contributed by atoms with van der Waals surface area (Å²) < 4.78 is 30.3. The third-order valence-corrected chi connectivity index (χ3v) is 6.33. The molecular formula is C17H18N2O4S. The normalized spacial score (nSPS) is 21.6. The molecule has 24 heavy (non-hydrogen) atoms. The van der Waals surface area contributed by atoms with Gasteiger partial charge in [-0.3, -0.25) is 0 Å². The molecule has 0 spiro atoms. The fraction of sp³-hybridized carbons (Fsp3) is 0.412. The highest BCUT2D eigenvalue weighted by Crippen LogP contribution is 2.29. The van der Waals surface area contributed by atoms with E-state index in [4.69, 9.17) is 4.74 Å². The summed E-state index contributed by atoms with van der Waals surface area (Å²) in [5.74, 6) is -0.508. The lowest BCUT2D eigenvalue weighted by molar-refractivity contribution is 0.0347. The van der Waals surface area contributed by atoms with Crippen LogP contribution in [0.1, 0.15) is 34.6 Å². The van der Waals surface area contributed by atoms with Gasteiger partial charge in [0.05, 0.1) is 17.2 Å². The van der Waals surface area contributed by atoms with Crippen LogP contribution >= 0.6 is 0 Å². The van der Waals surface area contributed by atoms with Crippen LogP contribution in [-0.4, -0.2) is 41.8 Å². The first kappa shape index (κ1) is 15.4. The van der Waals surface area contributed by atoms with Crippen LogP contribution in [0.4, 0.5) is 0 Å². The average molecular weight is 346 g/mol. The molecule has 0 amide bonds. The summed E-state index contributed by atoms with van der Waals surface area (Å²) in [6.07, 6.45) is 2.48. The highest BCUT2D eigenvalue weighted by Gasteiger charge is 2.34. The molecule has 6 nitrogen and oxygen atoms in total. The van der Waals surface area contributed by atoms with Gasteiger partial charge in [-0.1, -0.05) is 18.2 Å². The van der Waals surface area contributed by atoms with Crippen molar-refractivity contribution in [2.75, 3.05) is 11.5 Å². The second-order valence-corrected chi connectivity index (χ2v) is 8.53. The van der Waals surface area contributed by atoms with Gasteiger partial charge in [-0.2, -0.15) is 5.10 Å². The number of esters is 1. The quantitative estimate of drug-likeness (QED) is 0.791. The summed E-state index contributed by atoms with van der Waals surface area (Å²) in [6, 6.07) is 9.69. The molecule has 0 saturated carbocycles. The van der Waals surface area contributed by atoms with E-state index in [9.17, 15) is 13.2 Å². The number of aromatic nitrogens is 2. The van der Waals surface area contributed by atoms with Crippen LogP contribution in [0, 0.1) is 0 Å². The van der Waals surface area contributed by atoms with E-state index >= 15 is 0 Å². The molecule has 2 aliphatic rings. The Hall–Kier alpha value is -2.15. The van der Waals surface area contributed by atoms with Gasteiger partial charge >= 0.3 is 5.97 Å². The van der Waals surface area contributed by atoms with Gasteiger partial charge < -0.3 is 4.74 Å². The minimum atomic E-state index is -3.08. The molecule has 0 bridgehead atoms. The summed E-state index contributed by atoms with van der Waals surface area (Å²) in [5, 5.41) is 4.47. The first-order chi connectivity index (χ1) is 11.5. The smallest absolute Gasteiger partial charge is 0.359 e. The van der Waals surface area contributed by atoms with E-state index in [0.29, 0.717) is 12.1 Å². The van der Waals surface area contributed by atoms with Crippen molar-refractivity contribution in [2.24, 2.45) is 0 Å². The standard InChI is InChI=1S/C17H18N2O4S/c20-17(23-13-9-10-24(21,22)11-13)16-14-7-4-8-15(14)19(18-16)12-5-2-1-3-6-12/h1-3,5-6,13H,4,7-11H2/t13-/m0/s1. The number of carbonyl (C=O) groups excluding carboxylic acids is 1. The molecule has 1 aliphatic carbocycles. The van der Waals surface area contributed by atoms with E-state index in [0.717, 1.165) is 36.2 Å². The molecular weight excluding hydrogens is 328 g/mol. The van der Waals surface area contributed by atoms with Crippen LogP contribution in [0.2, 0.25) is 0 Å². The van der Waals surface area contributed by atoms with Crippen molar-refractivity contribution < 1.29 is 17.9 Å². The van der Waals surface area contributed by atoms with Crippen molar-refractivity contribution in [2.45, 2.75) is 31.8 Å². The van der Waals surface area contributed by atoms with E-state index in [2.05, 4.69) is 5.10 Å². The van der Waals surface area contributed by atoms with Crippen molar-refractivity contribution in [3.05, 3.63) is 47.3 Å². The molecule has 2 heterocycles. The van der Waals surface area contributed by atoms with Gasteiger partial charge in [0.15, 0.2) is 15.5 Å². The monoisotopic (exact) mass is 346 g/mol. The van der Waals surface area contributed by atoms with Crippen molar-refractivity contribution in [1.29, 1.82) is 0 Å². The Balaban J connectivity index is 1.63. The van der Waals surface area contributed by atoms with Gasteiger partial charge in [0, 0.05) is 11.3 Å². The fourth-order valence-corrected chi connectivity index (χ4v) is 5.03. The molecule has 7 heteroatoms. The molecule has 0 unspecified atom stereocenters. The third kappa shape index (κ3) is 2.73. The number of ether oxygens (including phenoxy) is 1. The maximum atomic E-state index is 12.5.